The van der Waals surface area contributed by atoms with Crippen LogP contribution in [-0.4, -0.2) is 11.8 Å². The van der Waals surface area contributed by atoms with Crippen LogP contribution in [-0.2, 0) is 9.59 Å². The summed E-state index contributed by atoms with van der Waals surface area (Å²) in [5.41, 5.74) is 0.926. The van der Waals surface area contributed by atoms with Crippen molar-refractivity contribution in [2.45, 2.75) is 13.8 Å². The Morgan fingerprint density at radius 2 is 1.81 bits per heavy atom. The molecule has 0 bridgehead atoms. The third-order valence-corrected chi connectivity index (χ3v) is 2.00. The fourth-order valence-electron chi connectivity index (χ4n) is 1.04. The maximum atomic E-state index is 11.3. The van der Waals surface area contributed by atoms with E-state index in [1.807, 2.05) is 30.3 Å². The van der Waals surface area contributed by atoms with Crippen molar-refractivity contribution in [1.29, 1.82) is 0 Å². The molecular formula is C13H15NO2. The zero-order valence-electron chi connectivity index (χ0n) is 9.44. The standard InChI is InChI=1S/C13H15NO2/c1-10(2)13(16)14-12(15)9-8-11-6-4-3-5-7-11/h3-10H,1-2H3,(H,14,15,16). The third-order valence-electron chi connectivity index (χ3n) is 2.00. The van der Waals surface area contributed by atoms with Crippen LogP contribution in [0.2, 0.25) is 0 Å². The van der Waals surface area contributed by atoms with E-state index < -0.39 is 0 Å². The summed E-state index contributed by atoms with van der Waals surface area (Å²) < 4.78 is 0. The van der Waals surface area contributed by atoms with Gasteiger partial charge < -0.3 is 0 Å². The van der Waals surface area contributed by atoms with Crippen molar-refractivity contribution in [1.82, 2.24) is 5.32 Å². The highest BCUT2D eigenvalue weighted by Gasteiger charge is 2.08. The Morgan fingerprint density at radius 1 is 1.19 bits per heavy atom. The molecular weight excluding hydrogens is 202 g/mol. The molecule has 0 saturated carbocycles. The Bertz CT molecular complexity index is 394. The molecule has 0 aromatic heterocycles. The first-order valence-electron chi connectivity index (χ1n) is 5.17. The van der Waals surface area contributed by atoms with Crippen molar-refractivity contribution >= 4 is 17.9 Å². The van der Waals surface area contributed by atoms with Crippen molar-refractivity contribution in [2.24, 2.45) is 5.92 Å². The van der Waals surface area contributed by atoms with Crippen molar-refractivity contribution < 1.29 is 9.59 Å². The van der Waals surface area contributed by atoms with Gasteiger partial charge >= 0.3 is 0 Å². The van der Waals surface area contributed by atoms with Gasteiger partial charge in [-0.15, -0.1) is 0 Å². The van der Waals surface area contributed by atoms with Crippen molar-refractivity contribution in [3.63, 3.8) is 0 Å². The number of rotatable bonds is 3. The first-order chi connectivity index (χ1) is 7.59. The molecule has 0 aliphatic carbocycles. The smallest absolute Gasteiger partial charge is 0.250 e. The van der Waals surface area contributed by atoms with Crippen molar-refractivity contribution in [3.8, 4) is 0 Å². The third kappa shape index (κ3) is 4.09. The predicted molar refractivity (Wildman–Crippen MR) is 63.5 cm³/mol. The summed E-state index contributed by atoms with van der Waals surface area (Å²) in [6.07, 6.45) is 3.03. The van der Waals surface area contributed by atoms with Gasteiger partial charge in [-0.25, -0.2) is 0 Å². The van der Waals surface area contributed by atoms with Gasteiger partial charge in [-0.3, -0.25) is 14.9 Å². The first kappa shape index (κ1) is 12.2. The molecule has 0 unspecified atom stereocenters. The fraction of sp³-hybridized carbons (Fsp3) is 0.231. The monoisotopic (exact) mass is 217 g/mol. The molecule has 1 N–H and O–H groups in total. The van der Waals surface area contributed by atoms with E-state index in [4.69, 9.17) is 0 Å². The summed E-state index contributed by atoms with van der Waals surface area (Å²) in [5, 5.41) is 2.28. The Labute approximate surface area is 95.2 Å². The normalized spacial score (nSPS) is 10.7. The maximum absolute atomic E-state index is 11.3. The summed E-state index contributed by atoms with van der Waals surface area (Å²) in [6, 6.07) is 9.44. The molecule has 0 heterocycles. The summed E-state index contributed by atoms with van der Waals surface area (Å²) >= 11 is 0. The van der Waals surface area contributed by atoms with Crippen LogP contribution >= 0.6 is 0 Å². The molecule has 0 aliphatic rings. The van der Waals surface area contributed by atoms with E-state index in [-0.39, 0.29) is 17.7 Å². The highest BCUT2D eigenvalue weighted by atomic mass is 16.2. The average molecular weight is 217 g/mol. The molecule has 1 rings (SSSR count). The molecule has 1 aromatic rings. The molecule has 0 spiro atoms. The minimum atomic E-state index is -0.387. The van der Waals surface area contributed by atoms with Crippen LogP contribution in [0.3, 0.4) is 0 Å². The zero-order chi connectivity index (χ0) is 12.0. The molecule has 84 valence electrons. The van der Waals surface area contributed by atoms with Gasteiger partial charge in [-0.2, -0.15) is 0 Å². The van der Waals surface area contributed by atoms with Gasteiger partial charge in [0.15, 0.2) is 0 Å². The van der Waals surface area contributed by atoms with Crippen LogP contribution in [0.1, 0.15) is 19.4 Å². The van der Waals surface area contributed by atoms with Gasteiger partial charge in [0.25, 0.3) is 5.91 Å². The average Bonchev–Trinajstić information content (AvgIpc) is 2.27. The van der Waals surface area contributed by atoms with Gasteiger partial charge in [0.2, 0.25) is 5.91 Å². The van der Waals surface area contributed by atoms with Crippen LogP contribution in [0.15, 0.2) is 36.4 Å². The SMILES string of the molecule is CC(C)C(=O)NC(=O)C=Cc1ccccc1. The summed E-state index contributed by atoms with van der Waals surface area (Å²) in [7, 11) is 0. The second kappa shape index (κ2) is 5.85. The van der Waals surface area contributed by atoms with E-state index in [1.54, 1.807) is 19.9 Å². The van der Waals surface area contributed by atoms with Crippen LogP contribution in [0.5, 0.6) is 0 Å². The molecule has 2 amide bonds. The number of carbonyl (C=O) groups excluding carboxylic acids is 2. The Kier molecular flexibility index (Phi) is 4.45. The van der Waals surface area contributed by atoms with E-state index in [1.165, 1.54) is 6.08 Å². The molecule has 0 saturated heterocycles. The van der Waals surface area contributed by atoms with Crippen LogP contribution < -0.4 is 5.32 Å². The van der Waals surface area contributed by atoms with Gasteiger partial charge in [0.1, 0.15) is 0 Å². The number of nitrogens with one attached hydrogen (secondary N) is 1. The van der Waals surface area contributed by atoms with Gasteiger partial charge in [-0.1, -0.05) is 44.2 Å². The summed E-state index contributed by atoms with van der Waals surface area (Å²) in [5.74, 6) is -0.834. The van der Waals surface area contributed by atoms with Crippen molar-refractivity contribution in [3.05, 3.63) is 42.0 Å². The maximum Gasteiger partial charge on any atom is 0.250 e. The van der Waals surface area contributed by atoms with E-state index in [0.717, 1.165) is 5.56 Å². The van der Waals surface area contributed by atoms with Gasteiger partial charge in [0.05, 0.1) is 0 Å². The van der Waals surface area contributed by atoms with E-state index in [0.29, 0.717) is 0 Å². The molecule has 3 nitrogen and oxygen atoms in total. The topological polar surface area (TPSA) is 46.2 Å². The lowest BCUT2D eigenvalue weighted by atomic mass is 10.2. The molecule has 0 atom stereocenters. The Balaban J connectivity index is 2.52. The highest BCUT2D eigenvalue weighted by Crippen LogP contribution is 2.00. The number of carbonyl (C=O) groups is 2. The highest BCUT2D eigenvalue weighted by molar-refractivity contribution is 6.03. The molecule has 0 radical (unpaired) electrons. The molecule has 16 heavy (non-hydrogen) atoms. The minimum Gasteiger partial charge on any atom is -0.293 e. The lowest BCUT2D eigenvalue weighted by Crippen LogP contribution is -2.32. The predicted octanol–water partition coefficient (Wildman–Crippen LogP) is 2.00. The fourth-order valence-corrected chi connectivity index (χ4v) is 1.04. The van der Waals surface area contributed by atoms with Crippen molar-refractivity contribution in [2.75, 3.05) is 0 Å². The second-order valence-corrected chi connectivity index (χ2v) is 3.75. The van der Waals surface area contributed by atoms with Gasteiger partial charge in [0, 0.05) is 12.0 Å². The number of hydrogen-bond donors (Lipinski definition) is 1. The summed E-state index contributed by atoms with van der Waals surface area (Å²) in [4.78, 5) is 22.5. The second-order valence-electron chi connectivity index (χ2n) is 3.75. The summed E-state index contributed by atoms with van der Waals surface area (Å²) in [6.45, 7) is 3.48. The van der Waals surface area contributed by atoms with Crippen LogP contribution in [0.25, 0.3) is 6.08 Å². The number of benzene rings is 1. The molecule has 0 fully saturated rings. The number of amides is 2. The van der Waals surface area contributed by atoms with Crippen LogP contribution in [0.4, 0.5) is 0 Å². The lowest BCUT2D eigenvalue weighted by Gasteiger charge is -2.02. The first-order valence-corrected chi connectivity index (χ1v) is 5.17. The lowest BCUT2D eigenvalue weighted by molar-refractivity contribution is -0.130. The number of imide groups is 1. The quantitative estimate of drug-likeness (QED) is 0.787. The Hall–Kier alpha value is -1.90. The largest absolute Gasteiger partial charge is 0.293 e. The molecule has 0 aliphatic heterocycles. The molecule has 3 heteroatoms. The van der Waals surface area contributed by atoms with Gasteiger partial charge in [-0.05, 0) is 11.6 Å². The van der Waals surface area contributed by atoms with E-state index in [2.05, 4.69) is 5.32 Å². The van der Waals surface area contributed by atoms with E-state index in [9.17, 15) is 9.59 Å². The molecule has 1 aromatic carbocycles. The number of hydrogen-bond acceptors (Lipinski definition) is 2. The van der Waals surface area contributed by atoms with E-state index >= 15 is 0 Å². The van der Waals surface area contributed by atoms with Crippen LogP contribution in [0, 0.1) is 5.92 Å². The Morgan fingerprint density at radius 3 is 2.38 bits per heavy atom. The zero-order valence-corrected chi connectivity index (χ0v) is 9.44. The minimum absolute atomic E-state index is 0.186.